The second kappa shape index (κ2) is 7.94. The van der Waals surface area contributed by atoms with Gasteiger partial charge in [0.15, 0.2) is 5.69 Å². The van der Waals surface area contributed by atoms with E-state index in [0.717, 1.165) is 25.0 Å². The van der Waals surface area contributed by atoms with Gasteiger partial charge in [0.2, 0.25) is 0 Å². The molecule has 1 aliphatic rings. The van der Waals surface area contributed by atoms with E-state index in [0.29, 0.717) is 17.3 Å². The van der Waals surface area contributed by atoms with Gasteiger partial charge in [0.25, 0.3) is 11.5 Å². The molecule has 0 aliphatic carbocycles. The monoisotopic (exact) mass is 377 g/mol. The lowest BCUT2D eigenvalue weighted by atomic mass is 10.1. The summed E-state index contributed by atoms with van der Waals surface area (Å²) in [4.78, 5) is 25.9. The third-order valence-electron chi connectivity index (χ3n) is 5.14. The predicted octanol–water partition coefficient (Wildman–Crippen LogP) is 2.74. The van der Waals surface area contributed by atoms with E-state index in [1.165, 1.54) is 4.68 Å². The highest BCUT2D eigenvalue weighted by atomic mass is 16.5. The Bertz CT molecular complexity index is 1040. The molecule has 28 heavy (non-hydrogen) atoms. The Hall–Kier alpha value is -2.99. The maximum Gasteiger partial charge on any atom is 0.274 e. The standard InChI is InChI=1S/C22H23N3O3/c1-15(19-12-7-13-28-19)23-21(26)20-17-10-5-6-11-18(17)22(27)25(24-20)14-16-8-3-2-4-9-16/h2-6,8-11,15,19H,7,12-14H2,1H3,(H,23,26). The molecule has 2 unspecified atom stereocenters. The van der Waals surface area contributed by atoms with Crippen molar-refractivity contribution in [2.24, 2.45) is 0 Å². The Kier molecular flexibility index (Phi) is 5.21. The number of ether oxygens (including phenoxy) is 1. The van der Waals surface area contributed by atoms with Crippen LogP contribution < -0.4 is 10.9 Å². The minimum absolute atomic E-state index is 0.0189. The van der Waals surface area contributed by atoms with Crippen molar-refractivity contribution >= 4 is 16.7 Å². The number of hydrogen-bond acceptors (Lipinski definition) is 4. The smallest absolute Gasteiger partial charge is 0.274 e. The summed E-state index contributed by atoms with van der Waals surface area (Å²) in [5.74, 6) is -0.291. The Balaban J connectivity index is 1.71. The molecule has 2 aromatic carbocycles. The zero-order valence-electron chi connectivity index (χ0n) is 15.8. The summed E-state index contributed by atoms with van der Waals surface area (Å²) in [6.07, 6.45) is 1.96. The van der Waals surface area contributed by atoms with Crippen LogP contribution in [0.5, 0.6) is 0 Å². The molecule has 3 aromatic rings. The molecule has 2 heterocycles. The molecule has 144 valence electrons. The fraction of sp³-hybridized carbons (Fsp3) is 0.318. The van der Waals surface area contributed by atoms with Crippen LogP contribution in [0.2, 0.25) is 0 Å². The minimum Gasteiger partial charge on any atom is -0.376 e. The van der Waals surface area contributed by atoms with E-state index in [2.05, 4.69) is 10.4 Å². The van der Waals surface area contributed by atoms with Crippen LogP contribution in [0.3, 0.4) is 0 Å². The van der Waals surface area contributed by atoms with Gasteiger partial charge in [0.1, 0.15) is 0 Å². The zero-order chi connectivity index (χ0) is 19.5. The Morgan fingerprint density at radius 1 is 1.18 bits per heavy atom. The molecule has 1 amide bonds. The van der Waals surface area contributed by atoms with Gasteiger partial charge in [-0.15, -0.1) is 0 Å². The first-order chi connectivity index (χ1) is 13.6. The minimum atomic E-state index is -0.291. The molecule has 4 rings (SSSR count). The topological polar surface area (TPSA) is 73.2 Å². The average Bonchev–Trinajstić information content (AvgIpc) is 3.26. The molecule has 1 aromatic heterocycles. The van der Waals surface area contributed by atoms with Crippen molar-refractivity contribution in [3.8, 4) is 0 Å². The number of carbonyl (C=O) groups is 1. The first-order valence-corrected chi connectivity index (χ1v) is 9.60. The first-order valence-electron chi connectivity index (χ1n) is 9.60. The lowest BCUT2D eigenvalue weighted by Crippen LogP contribution is -2.42. The fourth-order valence-electron chi connectivity index (χ4n) is 3.63. The second-order valence-corrected chi connectivity index (χ2v) is 7.16. The summed E-state index contributed by atoms with van der Waals surface area (Å²) >= 11 is 0. The molecule has 6 nitrogen and oxygen atoms in total. The molecule has 1 saturated heterocycles. The van der Waals surface area contributed by atoms with Crippen LogP contribution in [0.1, 0.15) is 35.8 Å². The first kappa shape index (κ1) is 18.4. The Morgan fingerprint density at radius 2 is 1.89 bits per heavy atom. The molecule has 1 fully saturated rings. The lowest BCUT2D eigenvalue weighted by Gasteiger charge is -2.20. The van der Waals surface area contributed by atoms with E-state index in [9.17, 15) is 9.59 Å². The molecule has 0 bridgehead atoms. The van der Waals surface area contributed by atoms with Gasteiger partial charge >= 0.3 is 0 Å². The summed E-state index contributed by atoms with van der Waals surface area (Å²) in [5, 5.41) is 8.48. The summed E-state index contributed by atoms with van der Waals surface area (Å²) in [7, 11) is 0. The Morgan fingerprint density at radius 3 is 2.61 bits per heavy atom. The van der Waals surface area contributed by atoms with E-state index in [1.807, 2.05) is 43.3 Å². The van der Waals surface area contributed by atoms with E-state index >= 15 is 0 Å². The van der Waals surface area contributed by atoms with Crippen molar-refractivity contribution in [1.82, 2.24) is 15.1 Å². The second-order valence-electron chi connectivity index (χ2n) is 7.16. The van der Waals surface area contributed by atoms with Crippen molar-refractivity contribution in [2.45, 2.75) is 38.5 Å². The normalized spacial score (nSPS) is 17.5. The molecule has 0 saturated carbocycles. The average molecular weight is 377 g/mol. The number of hydrogen-bond donors (Lipinski definition) is 1. The third-order valence-corrected chi connectivity index (χ3v) is 5.14. The van der Waals surface area contributed by atoms with Crippen LogP contribution >= 0.6 is 0 Å². The summed E-state index contributed by atoms with van der Waals surface area (Å²) in [6, 6.07) is 16.6. The molecule has 2 atom stereocenters. The number of fused-ring (bicyclic) bond motifs is 1. The van der Waals surface area contributed by atoms with Gasteiger partial charge in [-0.05, 0) is 31.4 Å². The fourth-order valence-corrected chi connectivity index (χ4v) is 3.63. The van der Waals surface area contributed by atoms with Crippen LogP contribution in [0, 0.1) is 0 Å². The van der Waals surface area contributed by atoms with E-state index in [-0.39, 0.29) is 29.3 Å². The van der Waals surface area contributed by atoms with Gasteiger partial charge in [-0.25, -0.2) is 4.68 Å². The van der Waals surface area contributed by atoms with Crippen molar-refractivity contribution in [3.63, 3.8) is 0 Å². The van der Waals surface area contributed by atoms with Crippen LogP contribution in [0.15, 0.2) is 59.4 Å². The van der Waals surface area contributed by atoms with Gasteiger partial charge in [0.05, 0.1) is 24.1 Å². The highest BCUT2D eigenvalue weighted by molar-refractivity contribution is 6.04. The number of nitrogens with zero attached hydrogens (tertiary/aromatic N) is 2. The van der Waals surface area contributed by atoms with Gasteiger partial charge in [0, 0.05) is 12.0 Å². The Labute approximate surface area is 163 Å². The number of aromatic nitrogens is 2. The maximum atomic E-state index is 13.0. The largest absolute Gasteiger partial charge is 0.376 e. The highest BCUT2D eigenvalue weighted by Gasteiger charge is 2.25. The summed E-state index contributed by atoms with van der Waals surface area (Å²) in [6.45, 7) is 2.98. The zero-order valence-corrected chi connectivity index (χ0v) is 15.8. The summed E-state index contributed by atoms with van der Waals surface area (Å²) < 4.78 is 7.03. The van der Waals surface area contributed by atoms with E-state index < -0.39 is 0 Å². The molecule has 6 heteroatoms. The quantitative estimate of drug-likeness (QED) is 0.742. The predicted molar refractivity (Wildman–Crippen MR) is 107 cm³/mol. The van der Waals surface area contributed by atoms with Crippen LogP contribution in [0.4, 0.5) is 0 Å². The van der Waals surface area contributed by atoms with Crippen molar-refractivity contribution in [2.75, 3.05) is 6.61 Å². The number of benzene rings is 2. The van der Waals surface area contributed by atoms with Crippen molar-refractivity contribution in [3.05, 3.63) is 76.2 Å². The lowest BCUT2D eigenvalue weighted by molar-refractivity contribution is 0.0709. The molecule has 0 radical (unpaired) electrons. The molecule has 1 aliphatic heterocycles. The number of rotatable bonds is 5. The SMILES string of the molecule is CC(NC(=O)c1nn(Cc2ccccc2)c(=O)c2ccccc12)C1CCCO1. The number of carbonyl (C=O) groups excluding carboxylic acids is 1. The molecular formula is C22H23N3O3. The third kappa shape index (κ3) is 3.68. The van der Waals surface area contributed by atoms with E-state index in [4.69, 9.17) is 4.74 Å². The molecule has 0 spiro atoms. The van der Waals surface area contributed by atoms with Crippen molar-refractivity contribution < 1.29 is 9.53 Å². The maximum absolute atomic E-state index is 13.0. The van der Waals surface area contributed by atoms with Crippen LogP contribution in [-0.4, -0.2) is 34.4 Å². The van der Waals surface area contributed by atoms with Crippen LogP contribution in [-0.2, 0) is 11.3 Å². The molecular weight excluding hydrogens is 354 g/mol. The highest BCUT2D eigenvalue weighted by Crippen LogP contribution is 2.17. The van der Waals surface area contributed by atoms with Gasteiger partial charge in [-0.2, -0.15) is 5.10 Å². The number of amides is 1. The van der Waals surface area contributed by atoms with Gasteiger partial charge < -0.3 is 10.1 Å². The van der Waals surface area contributed by atoms with Gasteiger partial charge in [-0.1, -0.05) is 48.5 Å². The van der Waals surface area contributed by atoms with E-state index in [1.54, 1.807) is 18.2 Å². The summed E-state index contributed by atoms with van der Waals surface area (Å²) in [5.41, 5.74) is 1.01. The number of nitrogens with one attached hydrogen (secondary N) is 1. The molecule has 1 N–H and O–H groups in total. The van der Waals surface area contributed by atoms with Crippen molar-refractivity contribution in [1.29, 1.82) is 0 Å². The van der Waals surface area contributed by atoms with Crippen LogP contribution in [0.25, 0.3) is 10.8 Å². The van der Waals surface area contributed by atoms with Gasteiger partial charge in [-0.3, -0.25) is 9.59 Å².